The molecule has 12 nitrogen and oxygen atoms in total. The van der Waals surface area contributed by atoms with Crippen LogP contribution >= 0.6 is 0 Å². The highest BCUT2D eigenvalue weighted by atomic mass is 19.4. The topological polar surface area (TPSA) is 167 Å². The van der Waals surface area contributed by atoms with Crippen LogP contribution in [0.5, 0.6) is 5.75 Å². The second-order valence-corrected chi connectivity index (χ2v) is 15.3. The first-order valence-electron chi connectivity index (χ1n) is 18.1. The summed E-state index contributed by atoms with van der Waals surface area (Å²) < 4.78 is 48.7. The Bertz CT molecular complexity index is 1920. The standard InChI is InChI=1S/C39H48F3N5O7/c1-38(2,3)54-37(53)43-17-21-7-11-47(12-8-21)30-6-5-25(15-28(30)39(40,41)42)44-36(52)45-29-14-24(19-49)35(51)34-26(29)16-31-32-22(9-10-46(31)4)13-23(18-48)27(20-50)33(32)34/h5-6,13-15,21,31,48-51H,7-12,16-20H2,1-4H3,(H,43,53)(H2,44,45,52). The fourth-order valence-corrected chi connectivity index (χ4v) is 7.98. The minimum absolute atomic E-state index is 0.0104. The van der Waals surface area contributed by atoms with Crippen molar-refractivity contribution in [3.63, 3.8) is 0 Å². The number of alkyl carbamates (subject to hydrolysis) is 1. The van der Waals surface area contributed by atoms with E-state index in [9.17, 15) is 43.2 Å². The number of urea groups is 1. The van der Waals surface area contributed by atoms with Gasteiger partial charge in [0, 0.05) is 60.4 Å². The summed E-state index contributed by atoms with van der Waals surface area (Å²) in [5.41, 5.74) is 2.91. The lowest BCUT2D eigenvalue weighted by molar-refractivity contribution is -0.137. The highest BCUT2D eigenvalue weighted by Gasteiger charge is 2.39. The summed E-state index contributed by atoms with van der Waals surface area (Å²) in [6.45, 7) is 5.68. The monoisotopic (exact) mass is 755 g/mol. The van der Waals surface area contributed by atoms with Crippen molar-refractivity contribution in [3.8, 4) is 16.9 Å². The minimum atomic E-state index is -4.72. The van der Waals surface area contributed by atoms with E-state index < -0.39 is 42.7 Å². The third-order valence-corrected chi connectivity index (χ3v) is 10.6. The lowest BCUT2D eigenvalue weighted by Gasteiger charge is -2.42. The number of rotatable bonds is 8. The number of aliphatic hydroxyl groups excluding tert-OH is 3. The van der Waals surface area contributed by atoms with Crippen LogP contribution in [0.15, 0.2) is 30.3 Å². The predicted octanol–water partition coefficient (Wildman–Crippen LogP) is 6.03. The largest absolute Gasteiger partial charge is 0.507 e. The van der Waals surface area contributed by atoms with Gasteiger partial charge in [-0.2, -0.15) is 13.2 Å². The Morgan fingerprint density at radius 1 is 0.926 bits per heavy atom. The quantitative estimate of drug-likeness (QED) is 0.136. The summed E-state index contributed by atoms with van der Waals surface area (Å²) in [5.74, 6) is -0.142. The summed E-state index contributed by atoms with van der Waals surface area (Å²) in [4.78, 5) is 29.4. The number of halogens is 3. The minimum Gasteiger partial charge on any atom is -0.507 e. The van der Waals surface area contributed by atoms with Gasteiger partial charge in [0.2, 0.25) is 0 Å². The molecule has 1 fully saturated rings. The SMILES string of the molecule is CN1CCc2cc(CO)c(CO)c3c2C1Cc1c(NC(=O)Nc2ccc(N4CCC(CNC(=O)OC(C)(C)C)CC4)c(C(F)(F)F)c2)cc(CO)c(O)c1-3. The average Bonchev–Trinajstić information content (AvgIpc) is 3.11. The number of ether oxygens (including phenoxy) is 1. The fourth-order valence-electron chi connectivity index (χ4n) is 7.98. The van der Waals surface area contributed by atoms with Gasteiger partial charge in [0.05, 0.1) is 25.4 Å². The Morgan fingerprint density at radius 2 is 1.63 bits per heavy atom. The van der Waals surface area contributed by atoms with E-state index in [0.717, 1.165) is 17.2 Å². The van der Waals surface area contributed by atoms with E-state index in [-0.39, 0.29) is 46.9 Å². The third kappa shape index (κ3) is 7.95. The van der Waals surface area contributed by atoms with Gasteiger partial charge in [-0.15, -0.1) is 0 Å². The zero-order valence-corrected chi connectivity index (χ0v) is 30.9. The van der Waals surface area contributed by atoms with E-state index in [4.69, 9.17) is 4.74 Å². The smallest absolute Gasteiger partial charge is 0.418 e. The maximum Gasteiger partial charge on any atom is 0.418 e. The van der Waals surface area contributed by atoms with E-state index >= 15 is 0 Å². The van der Waals surface area contributed by atoms with Crippen molar-refractivity contribution in [2.75, 3.05) is 48.8 Å². The normalized spacial score (nSPS) is 17.4. The first kappa shape index (κ1) is 39.1. The van der Waals surface area contributed by atoms with E-state index in [2.05, 4.69) is 20.9 Å². The van der Waals surface area contributed by atoms with Gasteiger partial charge in [-0.1, -0.05) is 6.07 Å². The number of aromatic hydroxyl groups is 1. The van der Waals surface area contributed by atoms with Crippen LogP contribution in [0.3, 0.4) is 0 Å². The van der Waals surface area contributed by atoms with Crippen LogP contribution in [-0.4, -0.2) is 76.3 Å². The summed E-state index contributed by atoms with van der Waals surface area (Å²) in [5, 5.41) is 50.4. The van der Waals surface area contributed by atoms with Crippen molar-refractivity contribution in [1.29, 1.82) is 0 Å². The van der Waals surface area contributed by atoms with Crippen LogP contribution in [0.2, 0.25) is 0 Å². The Balaban J connectivity index is 1.24. The molecule has 2 aliphatic heterocycles. The fraction of sp³-hybridized carbons (Fsp3) is 0.487. The Labute approximate surface area is 311 Å². The molecule has 6 rings (SSSR count). The Hall–Kier alpha value is -4.57. The van der Waals surface area contributed by atoms with Gasteiger partial charge in [-0.25, -0.2) is 9.59 Å². The number of aliphatic hydroxyl groups is 3. The maximum atomic E-state index is 14.5. The molecule has 2 heterocycles. The number of likely N-dealkylation sites (N-methyl/N-ethyl adjacent to an activating group) is 1. The van der Waals surface area contributed by atoms with E-state index in [1.165, 1.54) is 18.2 Å². The number of carbonyl (C=O) groups excluding carboxylic acids is 2. The molecular formula is C39H48F3N5O7. The van der Waals surface area contributed by atoms with Crippen molar-refractivity contribution in [2.24, 2.45) is 5.92 Å². The van der Waals surface area contributed by atoms with E-state index in [1.807, 2.05) is 13.1 Å². The van der Waals surface area contributed by atoms with Gasteiger partial charge < -0.3 is 46.0 Å². The lowest BCUT2D eigenvalue weighted by atomic mass is 9.73. The second-order valence-electron chi connectivity index (χ2n) is 15.3. The van der Waals surface area contributed by atoms with Crippen LogP contribution in [0.1, 0.15) is 78.6 Å². The van der Waals surface area contributed by atoms with Gasteiger partial charge in [-0.3, -0.25) is 4.90 Å². The van der Waals surface area contributed by atoms with Crippen molar-refractivity contribution >= 4 is 29.2 Å². The zero-order valence-electron chi connectivity index (χ0n) is 30.9. The molecule has 292 valence electrons. The molecule has 3 aromatic rings. The lowest BCUT2D eigenvalue weighted by Crippen LogP contribution is -2.40. The zero-order chi connectivity index (χ0) is 39.1. The van der Waals surface area contributed by atoms with Crippen LogP contribution < -0.4 is 20.9 Å². The molecule has 0 saturated carbocycles. The average molecular weight is 756 g/mol. The molecular weight excluding hydrogens is 707 g/mol. The number of carbonyl (C=O) groups is 2. The van der Waals surface area contributed by atoms with Crippen molar-refractivity contribution < 1.29 is 47.9 Å². The number of piperidine rings is 1. The van der Waals surface area contributed by atoms with Gasteiger partial charge in [0.15, 0.2) is 0 Å². The number of amides is 3. The Morgan fingerprint density at radius 3 is 2.26 bits per heavy atom. The van der Waals surface area contributed by atoms with Gasteiger partial charge in [-0.05, 0) is 117 Å². The molecule has 15 heteroatoms. The summed E-state index contributed by atoms with van der Waals surface area (Å²) in [6, 6.07) is 5.94. The molecule has 0 radical (unpaired) electrons. The molecule has 1 saturated heterocycles. The molecule has 0 aromatic heterocycles. The van der Waals surface area contributed by atoms with E-state index in [1.54, 1.807) is 25.7 Å². The molecule has 0 spiro atoms. The van der Waals surface area contributed by atoms with Crippen LogP contribution in [0.4, 0.5) is 39.8 Å². The summed E-state index contributed by atoms with van der Waals surface area (Å²) in [6.07, 6.45) is -3.10. The first-order chi connectivity index (χ1) is 25.5. The third-order valence-electron chi connectivity index (χ3n) is 10.6. The number of nitrogens with one attached hydrogen (secondary N) is 3. The molecule has 1 aliphatic carbocycles. The highest BCUT2D eigenvalue weighted by Crippen LogP contribution is 2.53. The number of nitrogens with zero attached hydrogens (tertiary/aromatic N) is 2. The van der Waals surface area contributed by atoms with Gasteiger partial charge in [0.25, 0.3) is 0 Å². The number of anilines is 3. The van der Waals surface area contributed by atoms with Crippen LogP contribution in [-0.2, 0) is 43.6 Å². The highest BCUT2D eigenvalue weighted by molar-refractivity contribution is 6.02. The van der Waals surface area contributed by atoms with Gasteiger partial charge in [0.1, 0.15) is 11.4 Å². The number of fused-ring (bicyclic) bond motifs is 2. The molecule has 1 atom stereocenters. The molecule has 1 unspecified atom stereocenters. The molecule has 3 aromatic carbocycles. The molecule has 3 amide bonds. The van der Waals surface area contributed by atoms with Gasteiger partial charge >= 0.3 is 18.3 Å². The maximum absolute atomic E-state index is 14.5. The van der Waals surface area contributed by atoms with Crippen LogP contribution in [0, 0.1) is 5.92 Å². The predicted molar refractivity (Wildman–Crippen MR) is 197 cm³/mol. The number of phenols is 1. The molecule has 0 bridgehead atoms. The number of alkyl halides is 3. The molecule has 3 aliphatic rings. The molecule has 54 heavy (non-hydrogen) atoms. The van der Waals surface area contributed by atoms with Crippen LogP contribution in [0.25, 0.3) is 11.1 Å². The molecule has 7 N–H and O–H groups in total. The Kier molecular flexibility index (Phi) is 11.1. The number of hydrogen-bond donors (Lipinski definition) is 7. The summed E-state index contributed by atoms with van der Waals surface area (Å²) in [7, 11) is 1.96. The van der Waals surface area contributed by atoms with Crippen molar-refractivity contribution in [3.05, 3.63) is 69.3 Å². The van der Waals surface area contributed by atoms with Crippen molar-refractivity contribution in [1.82, 2.24) is 10.2 Å². The first-order valence-corrected chi connectivity index (χ1v) is 18.1. The van der Waals surface area contributed by atoms with E-state index in [0.29, 0.717) is 79.7 Å². The number of hydrogen-bond acceptors (Lipinski definition) is 9. The summed E-state index contributed by atoms with van der Waals surface area (Å²) >= 11 is 0. The second kappa shape index (κ2) is 15.3. The number of benzene rings is 3. The van der Waals surface area contributed by atoms with Crippen molar-refractivity contribution in [2.45, 2.75) is 84.1 Å².